The minimum Gasteiger partial charge on any atom is -0.495 e. The monoisotopic (exact) mass is 392 g/mol. The number of nitrogens with one attached hydrogen (secondary N) is 1. The van der Waals surface area contributed by atoms with Crippen molar-refractivity contribution < 1.29 is 9.13 Å². The summed E-state index contributed by atoms with van der Waals surface area (Å²) in [6.45, 7) is 0.452. The predicted octanol–water partition coefficient (Wildman–Crippen LogP) is 5.63. The minimum absolute atomic E-state index is 0.202. The summed E-state index contributed by atoms with van der Waals surface area (Å²) in [7, 11) is 1.58. The Balaban J connectivity index is 1.79. The Morgan fingerprint density at radius 3 is 2.69 bits per heavy atom. The number of nitrogens with zero attached hydrogens (tertiary/aromatic N) is 1. The van der Waals surface area contributed by atoms with E-state index in [0.717, 1.165) is 18.5 Å². The van der Waals surface area contributed by atoms with Crippen LogP contribution in [0.3, 0.4) is 0 Å². The van der Waals surface area contributed by atoms with Gasteiger partial charge in [0.2, 0.25) is 0 Å². The van der Waals surface area contributed by atoms with Gasteiger partial charge in [0, 0.05) is 29.9 Å². The Morgan fingerprint density at radius 1 is 1.27 bits per heavy atom. The molecule has 1 N–H and O–H groups in total. The second-order valence-corrected chi connectivity index (χ2v) is 7.23. The molecule has 26 heavy (non-hydrogen) atoms. The molecule has 3 nitrogen and oxygen atoms in total. The topological polar surface area (TPSA) is 24.5 Å². The summed E-state index contributed by atoms with van der Waals surface area (Å²) >= 11 is 11.8. The van der Waals surface area contributed by atoms with E-state index < -0.39 is 0 Å². The van der Waals surface area contributed by atoms with Gasteiger partial charge in [0.1, 0.15) is 11.6 Å². The molecule has 2 aromatic rings. The molecule has 1 aliphatic carbocycles. The summed E-state index contributed by atoms with van der Waals surface area (Å²) in [5.41, 5.74) is 1.45. The lowest BCUT2D eigenvalue weighted by Gasteiger charge is -2.32. The van der Waals surface area contributed by atoms with Crippen LogP contribution in [0.5, 0.6) is 5.75 Å². The molecule has 6 heteroatoms. The van der Waals surface area contributed by atoms with Crippen molar-refractivity contribution in [2.24, 2.45) is 0 Å². The highest BCUT2D eigenvalue weighted by Gasteiger charge is 2.25. The zero-order chi connectivity index (χ0) is 18.5. The van der Waals surface area contributed by atoms with Crippen LogP contribution >= 0.6 is 23.8 Å². The number of rotatable bonds is 5. The number of thiocarbonyl (C=S) groups is 1. The maximum absolute atomic E-state index is 14.1. The van der Waals surface area contributed by atoms with E-state index in [1.165, 1.54) is 18.9 Å². The highest BCUT2D eigenvalue weighted by atomic mass is 35.5. The molecule has 0 heterocycles. The Labute approximate surface area is 164 Å². The first-order chi connectivity index (χ1) is 12.6. The molecular formula is C20H22ClFN2OS. The smallest absolute Gasteiger partial charge is 0.173 e. The number of ether oxygens (including phenoxy) is 1. The third-order valence-electron chi connectivity index (χ3n) is 4.73. The van der Waals surface area contributed by atoms with E-state index in [2.05, 4.69) is 10.2 Å². The van der Waals surface area contributed by atoms with Crippen LogP contribution in [0.25, 0.3) is 0 Å². The molecule has 0 atom stereocenters. The van der Waals surface area contributed by atoms with Gasteiger partial charge in [-0.25, -0.2) is 4.39 Å². The lowest BCUT2D eigenvalue weighted by atomic mass is 10.1. The second kappa shape index (κ2) is 8.69. The van der Waals surface area contributed by atoms with E-state index >= 15 is 0 Å². The highest BCUT2D eigenvalue weighted by molar-refractivity contribution is 7.80. The SMILES string of the molecule is COc1cc(NC(=S)N(Cc2ccccc2F)C2CCCC2)ccc1Cl. The minimum atomic E-state index is -0.202. The molecule has 138 valence electrons. The van der Waals surface area contributed by atoms with Crippen LogP contribution in [0, 0.1) is 5.82 Å². The fourth-order valence-electron chi connectivity index (χ4n) is 3.33. The van der Waals surface area contributed by atoms with Crippen molar-refractivity contribution in [3.05, 3.63) is 58.9 Å². The van der Waals surface area contributed by atoms with Crippen molar-refractivity contribution in [1.29, 1.82) is 0 Å². The molecule has 0 unspecified atom stereocenters. The fraction of sp³-hybridized carbons (Fsp3) is 0.350. The van der Waals surface area contributed by atoms with E-state index in [-0.39, 0.29) is 5.82 Å². The van der Waals surface area contributed by atoms with Crippen LogP contribution < -0.4 is 10.1 Å². The van der Waals surface area contributed by atoms with Gasteiger partial charge in [-0.15, -0.1) is 0 Å². The van der Waals surface area contributed by atoms with Crippen LogP contribution in [0.15, 0.2) is 42.5 Å². The van der Waals surface area contributed by atoms with Gasteiger partial charge >= 0.3 is 0 Å². The zero-order valence-corrected chi connectivity index (χ0v) is 16.2. The van der Waals surface area contributed by atoms with Crippen molar-refractivity contribution in [1.82, 2.24) is 4.90 Å². The van der Waals surface area contributed by atoms with Crippen molar-refractivity contribution in [3.63, 3.8) is 0 Å². The van der Waals surface area contributed by atoms with Gasteiger partial charge in [0.25, 0.3) is 0 Å². The molecule has 1 aliphatic rings. The average Bonchev–Trinajstić information content (AvgIpc) is 3.16. The lowest BCUT2D eigenvalue weighted by Crippen LogP contribution is -2.41. The molecule has 0 amide bonds. The molecule has 0 aliphatic heterocycles. The normalized spacial score (nSPS) is 14.3. The van der Waals surface area contributed by atoms with E-state index in [1.807, 2.05) is 24.3 Å². The summed E-state index contributed by atoms with van der Waals surface area (Å²) in [5, 5.41) is 4.39. The molecular weight excluding hydrogens is 371 g/mol. The molecule has 3 rings (SSSR count). The van der Waals surface area contributed by atoms with Gasteiger partial charge < -0.3 is 15.0 Å². The van der Waals surface area contributed by atoms with Gasteiger partial charge in [-0.3, -0.25) is 0 Å². The molecule has 1 fully saturated rings. The first-order valence-electron chi connectivity index (χ1n) is 8.73. The van der Waals surface area contributed by atoms with Crippen molar-refractivity contribution >= 4 is 34.6 Å². The van der Waals surface area contributed by atoms with Gasteiger partial charge in [-0.2, -0.15) is 0 Å². The molecule has 0 aromatic heterocycles. The molecule has 0 bridgehead atoms. The summed E-state index contributed by atoms with van der Waals surface area (Å²) in [5.74, 6) is 0.382. The van der Waals surface area contributed by atoms with Gasteiger partial charge in [-0.1, -0.05) is 42.6 Å². The highest BCUT2D eigenvalue weighted by Crippen LogP contribution is 2.29. The Kier molecular flexibility index (Phi) is 6.33. The number of hydrogen-bond donors (Lipinski definition) is 1. The molecule has 0 saturated heterocycles. The molecule has 0 spiro atoms. The predicted molar refractivity (Wildman–Crippen MR) is 108 cm³/mol. The fourth-order valence-corrected chi connectivity index (χ4v) is 3.85. The van der Waals surface area contributed by atoms with Crippen molar-refractivity contribution in [3.8, 4) is 5.75 Å². The van der Waals surface area contributed by atoms with Gasteiger partial charge in [-0.05, 0) is 43.3 Å². The molecule has 1 saturated carbocycles. The van der Waals surface area contributed by atoms with Crippen LogP contribution in [-0.2, 0) is 6.54 Å². The lowest BCUT2D eigenvalue weighted by molar-refractivity contribution is 0.308. The number of halogens is 2. The summed E-state index contributed by atoms with van der Waals surface area (Å²) in [6, 6.07) is 12.6. The summed E-state index contributed by atoms with van der Waals surface area (Å²) in [4.78, 5) is 2.10. The van der Waals surface area contributed by atoms with Gasteiger partial charge in [0.05, 0.1) is 12.1 Å². The Hall–Kier alpha value is -1.85. The third kappa shape index (κ3) is 4.46. The number of anilines is 1. The summed E-state index contributed by atoms with van der Waals surface area (Å²) < 4.78 is 19.4. The van der Waals surface area contributed by atoms with E-state index in [4.69, 9.17) is 28.6 Å². The molecule has 0 radical (unpaired) electrons. The Bertz CT molecular complexity index is 780. The standard InChI is InChI=1S/C20H22ClFN2OS/c1-25-19-12-15(10-11-17(19)21)23-20(26)24(16-7-3-4-8-16)13-14-6-2-5-9-18(14)22/h2,5-6,9-12,16H,3-4,7-8,13H2,1H3,(H,23,26). The van der Waals surface area contributed by atoms with Crippen LogP contribution in [0.1, 0.15) is 31.2 Å². The maximum Gasteiger partial charge on any atom is 0.173 e. The van der Waals surface area contributed by atoms with Gasteiger partial charge in [0.15, 0.2) is 5.11 Å². The average molecular weight is 393 g/mol. The van der Waals surface area contributed by atoms with Crippen LogP contribution in [-0.4, -0.2) is 23.2 Å². The van der Waals surface area contributed by atoms with Crippen molar-refractivity contribution in [2.45, 2.75) is 38.3 Å². The summed E-state index contributed by atoms with van der Waals surface area (Å²) in [6.07, 6.45) is 4.49. The third-order valence-corrected chi connectivity index (χ3v) is 5.38. The first kappa shape index (κ1) is 18.9. The zero-order valence-electron chi connectivity index (χ0n) is 14.7. The number of hydrogen-bond acceptors (Lipinski definition) is 2. The van der Waals surface area contributed by atoms with E-state index in [0.29, 0.717) is 34.0 Å². The quantitative estimate of drug-likeness (QED) is 0.666. The number of benzene rings is 2. The second-order valence-electron chi connectivity index (χ2n) is 6.44. The molecule has 2 aromatic carbocycles. The van der Waals surface area contributed by atoms with E-state index in [9.17, 15) is 4.39 Å². The Morgan fingerprint density at radius 2 is 2.00 bits per heavy atom. The maximum atomic E-state index is 14.1. The largest absolute Gasteiger partial charge is 0.495 e. The first-order valence-corrected chi connectivity index (χ1v) is 9.51. The van der Waals surface area contributed by atoms with Crippen LogP contribution in [0.2, 0.25) is 5.02 Å². The van der Waals surface area contributed by atoms with Crippen molar-refractivity contribution in [2.75, 3.05) is 12.4 Å². The van der Waals surface area contributed by atoms with Crippen LogP contribution in [0.4, 0.5) is 10.1 Å². The number of methoxy groups -OCH3 is 1. The van der Waals surface area contributed by atoms with E-state index in [1.54, 1.807) is 19.2 Å².